The van der Waals surface area contributed by atoms with Gasteiger partial charge in [0.2, 0.25) is 5.91 Å². The normalized spacial score (nSPS) is 16.5. The van der Waals surface area contributed by atoms with Crippen LogP contribution in [0.1, 0.15) is 44.2 Å². The van der Waals surface area contributed by atoms with Gasteiger partial charge in [0.05, 0.1) is 6.54 Å². The van der Waals surface area contributed by atoms with Crippen LogP contribution in [0.25, 0.3) is 0 Å². The number of carbonyl (C=O) groups excluding carboxylic acids is 1. The predicted octanol–water partition coefficient (Wildman–Crippen LogP) is 3.65. The van der Waals surface area contributed by atoms with Gasteiger partial charge in [-0.1, -0.05) is 51.1 Å². The van der Waals surface area contributed by atoms with Crippen molar-refractivity contribution in [1.29, 1.82) is 0 Å². The molecule has 1 atom stereocenters. The van der Waals surface area contributed by atoms with Gasteiger partial charge in [-0.25, -0.2) is 0 Å². The molecule has 6 nitrogen and oxygen atoms in total. The number of aliphatic imine (C=N–C) groups is 1. The van der Waals surface area contributed by atoms with E-state index in [2.05, 4.69) is 59.9 Å². The maximum atomic E-state index is 12.0. The molecule has 0 fully saturated rings. The van der Waals surface area contributed by atoms with Crippen molar-refractivity contribution >= 4 is 17.6 Å². The van der Waals surface area contributed by atoms with E-state index in [0.717, 1.165) is 17.0 Å². The van der Waals surface area contributed by atoms with Crippen LogP contribution in [0.15, 0.2) is 53.5 Å². The Balaban J connectivity index is 1.47. The van der Waals surface area contributed by atoms with Gasteiger partial charge in [-0.05, 0) is 34.7 Å². The minimum absolute atomic E-state index is 0.0503. The molecule has 1 aliphatic rings. The molecule has 1 amide bonds. The number of nitrogens with one attached hydrogen (secondary N) is 3. The number of benzene rings is 2. The zero-order chi connectivity index (χ0) is 21.6. The third-order valence-electron chi connectivity index (χ3n) is 5.21. The van der Waals surface area contributed by atoms with Gasteiger partial charge >= 0.3 is 0 Å². The van der Waals surface area contributed by atoms with Gasteiger partial charge in [0.1, 0.15) is 12.4 Å². The van der Waals surface area contributed by atoms with Crippen LogP contribution in [0, 0.1) is 0 Å². The molecular formula is C24H32N4O2. The number of anilines is 1. The molecule has 2 aromatic rings. The van der Waals surface area contributed by atoms with Gasteiger partial charge in [0.25, 0.3) is 0 Å². The largest absolute Gasteiger partial charge is 0.492 e. The molecule has 3 N–H and O–H groups in total. The molecule has 1 heterocycles. The number of amides is 1. The quantitative estimate of drug-likeness (QED) is 0.387. The summed E-state index contributed by atoms with van der Waals surface area (Å²) in [7, 11) is 1.74. The van der Waals surface area contributed by atoms with Gasteiger partial charge in [0.15, 0.2) is 5.96 Å². The molecule has 1 aliphatic heterocycles. The summed E-state index contributed by atoms with van der Waals surface area (Å²) in [6, 6.07) is 16.2. The summed E-state index contributed by atoms with van der Waals surface area (Å²) in [4.78, 5) is 16.3. The first-order valence-corrected chi connectivity index (χ1v) is 10.4. The minimum atomic E-state index is 0.0503. The van der Waals surface area contributed by atoms with E-state index in [1.807, 2.05) is 30.3 Å². The lowest BCUT2D eigenvalue weighted by molar-refractivity contribution is -0.116. The first-order chi connectivity index (χ1) is 14.4. The Labute approximate surface area is 179 Å². The van der Waals surface area contributed by atoms with Crippen molar-refractivity contribution in [1.82, 2.24) is 10.6 Å². The second-order valence-corrected chi connectivity index (χ2v) is 8.54. The van der Waals surface area contributed by atoms with Crippen LogP contribution in [-0.4, -0.2) is 38.6 Å². The third kappa shape index (κ3) is 5.75. The van der Waals surface area contributed by atoms with E-state index in [9.17, 15) is 4.79 Å². The fourth-order valence-electron chi connectivity index (χ4n) is 3.52. The van der Waals surface area contributed by atoms with Crippen molar-refractivity contribution in [3.63, 3.8) is 0 Å². The van der Waals surface area contributed by atoms with E-state index in [1.54, 1.807) is 7.05 Å². The molecule has 0 radical (unpaired) electrons. The zero-order valence-electron chi connectivity index (χ0n) is 18.3. The van der Waals surface area contributed by atoms with Crippen molar-refractivity contribution in [2.75, 3.05) is 32.1 Å². The highest BCUT2D eigenvalue weighted by atomic mass is 16.5. The van der Waals surface area contributed by atoms with Crippen LogP contribution in [0.4, 0.5) is 5.69 Å². The molecule has 160 valence electrons. The smallest absolute Gasteiger partial charge is 0.225 e. The van der Waals surface area contributed by atoms with E-state index < -0.39 is 0 Å². The van der Waals surface area contributed by atoms with Crippen molar-refractivity contribution in [3.05, 3.63) is 59.7 Å². The summed E-state index contributed by atoms with van der Waals surface area (Å²) < 4.78 is 5.89. The Hall–Kier alpha value is -3.02. The highest BCUT2D eigenvalue weighted by Crippen LogP contribution is 2.31. The lowest BCUT2D eigenvalue weighted by atomic mass is 9.87. The van der Waals surface area contributed by atoms with E-state index in [-0.39, 0.29) is 17.2 Å². The van der Waals surface area contributed by atoms with Gasteiger partial charge in [-0.2, -0.15) is 0 Å². The highest BCUT2D eigenvalue weighted by Gasteiger charge is 2.24. The van der Waals surface area contributed by atoms with Crippen LogP contribution in [0.2, 0.25) is 0 Å². The van der Waals surface area contributed by atoms with Crippen LogP contribution < -0.4 is 20.7 Å². The molecular weight excluding hydrogens is 376 g/mol. The lowest BCUT2D eigenvalue weighted by Gasteiger charge is -2.26. The van der Waals surface area contributed by atoms with E-state index in [0.29, 0.717) is 32.1 Å². The summed E-state index contributed by atoms with van der Waals surface area (Å²) in [5.41, 5.74) is 3.40. The number of fused-ring (bicyclic) bond motifs is 1. The SMILES string of the molecule is CN=C(NCCOc1cccc(C(C)(C)C)c1)NCC1CC(=O)Nc2ccccc21. The highest BCUT2D eigenvalue weighted by molar-refractivity contribution is 5.94. The van der Waals surface area contributed by atoms with Crippen molar-refractivity contribution < 1.29 is 9.53 Å². The van der Waals surface area contributed by atoms with Crippen LogP contribution in [0.5, 0.6) is 5.75 Å². The summed E-state index contributed by atoms with van der Waals surface area (Å²) in [5, 5.41) is 9.54. The minimum Gasteiger partial charge on any atom is -0.492 e. The van der Waals surface area contributed by atoms with Gasteiger partial charge in [0, 0.05) is 31.6 Å². The molecule has 0 aromatic heterocycles. The Morgan fingerprint density at radius 2 is 1.97 bits per heavy atom. The van der Waals surface area contributed by atoms with E-state index in [4.69, 9.17) is 4.74 Å². The topological polar surface area (TPSA) is 74.8 Å². The molecule has 0 bridgehead atoms. The first-order valence-electron chi connectivity index (χ1n) is 10.4. The number of nitrogens with zero attached hydrogens (tertiary/aromatic N) is 1. The molecule has 3 rings (SSSR count). The van der Waals surface area contributed by atoms with Crippen molar-refractivity contribution in [2.45, 2.75) is 38.5 Å². The van der Waals surface area contributed by atoms with Crippen LogP contribution in [-0.2, 0) is 10.2 Å². The molecule has 6 heteroatoms. The maximum absolute atomic E-state index is 12.0. The number of ether oxygens (including phenoxy) is 1. The molecule has 30 heavy (non-hydrogen) atoms. The average Bonchev–Trinajstić information content (AvgIpc) is 2.72. The Bertz CT molecular complexity index is 902. The fraction of sp³-hybridized carbons (Fsp3) is 0.417. The molecule has 0 spiro atoms. The standard InChI is InChI=1S/C24H32N4O2/c1-24(2,3)18-8-7-9-19(15-18)30-13-12-26-23(25-4)27-16-17-14-22(29)28-21-11-6-5-10-20(17)21/h5-11,15,17H,12-14,16H2,1-4H3,(H,28,29)(H2,25,26,27). The number of guanidine groups is 1. The fourth-order valence-corrected chi connectivity index (χ4v) is 3.52. The summed E-state index contributed by atoms with van der Waals surface area (Å²) in [6.45, 7) is 8.37. The van der Waals surface area contributed by atoms with Gasteiger partial charge in [-0.15, -0.1) is 0 Å². The number of para-hydroxylation sites is 1. The molecule has 0 aliphatic carbocycles. The number of hydrogen-bond donors (Lipinski definition) is 3. The summed E-state index contributed by atoms with van der Waals surface area (Å²) in [6.07, 6.45) is 0.467. The van der Waals surface area contributed by atoms with Crippen LogP contribution >= 0.6 is 0 Å². The number of hydrogen-bond acceptors (Lipinski definition) is 3. The molecule has 2 aromatic carbocycles. The molecule has 0 saturated heterocycles. The van der Waals surface area contributed by atoms with Crippen molar-refractivity contribution in [3.8, 4) is 5.75 Å². The average molecular weight is 409 g/mol. The Morgan fingerprint density at radius 1 is 1.17 bits per heavy atom. The second-order valence-electron chi connectivity index (χ2n) is 8.54. The Morgan fingerprint density at radius 3 is 2.73 bits per heavy atom. The lowest BCUT2D eigenvalue weighted by Crippen LogP contribution is -2.42. The molecule has 0 saturated carbocycles. The van der Waals surface area contributed by atoms with Gasteiger partial charge in [-0.3, -0.25) is 9.79 Å². The maximum Gasteiger partial charge on any atom is 0.225 e. The number of carbonyl (C=O) groups is 1. The zero-order valence-corrected chi connectivity index (χ0v) is 18.3. The molecule has 1 unspecified atom stereocenters. The van der Waals surface area contributed by atoms with Crippen molar-refractivity contribution in [2.24, 2.45) is 4.99 Å². The van der Waals surface area contributed by atoms with E-state index >= 15 is 0 Å². The van der Waals surface area contributed by atoms with E-state index in [1.165, 1.54) is 5.56 Å². The third-order valence-corrected chi connectivity index (χ3v) is 5.21. The number of rotatable bonds is 6. The summed E-state index contributed by atoms with van der Waals surface area (Å²) >= 11 is 0. The predicted molar refractivity (Wildman–Crippen MR) is 122 cm³/mol. The summed E-state index contributed by atoms with van der Waals surface area (Å²) in [5.74, 6) is 1.74. The second kappa shape index (κ2) is 9.65. The Kier molecular flexibility index (Phi) is 6.98. The first kappa shape index (κ1) is 21.7. The van der Waals surface area contributed by atoms with Gasteiger partial charge < -0.3 is 20.7 Å². The van der Waals surface area contributed by atoms with Crippen LogP contribution in [0.3, 0.4) is 0 Å². The monoisotopic (exact) mass is 408 g/mol.